The lowest BCUT2D eigenvalue weighted by molar-refractivity contribution is -0.864. The van der Waals surface area contributed by atoms with Gasteiger partial charge >= 0.3 is 0 Å². The predicted molar refractivity (Wildman–Crippen MR) is 98.3 cm³/mol. The van der Waals surface area contributed by atoms with Crippen molar-refractivity contribution in [2.75, 3.05) is 34.5 Å². The van der Waals surface area contributed by atoms with Gasteiger partial charge in [0.1, 0.15) is 17.9 Å². The van der Waals surface area contributed by atoms with Gasteiger partial charge in [0.05, 0.1) is 21.1 Å². The van der Waals surface area contributed by atoms with Crippen LogP contribution in [0, 0.1) is 0 Å². The molecule has 1 aliphatic rings. The molecule has 0 saturated carbocycles. The summed E-state index contributed by atoms with van der Waals surface area (Å²) in [5.41, 5.74) is -0.198. The van der Waals surface area contributed by atoms with Gasteiger partial charge in [-0.1, -0.05) is 64.7 Å². The number of rotatable bonds is 12. The Morgan fingerprint density at radius 2 is 1.50 bits per heavy atom. The quantitative estimate of drug-likeness (QED) is 0.257. The summed E-state index contributed by atoms with van der Waals surface area (Å²) in [6.07, 6.45) is 15.6. The van der Waals surface area contributed by atoms with Crippen LogP contribution in [0.2, 0.25) is 0 Å². The summed E-state index contributed by atoms with van der Waals surface area (Å²) in [5, 5.41) is 0. The molecule has 0 aromatic heterocycles. The van der Waals surface area contributed by atoms with Gasteiger partial charge in [0.25, 0.3) is 0 Å². The fourth-order valence-corrected chi connectivity index (χ4v) is 3.05. The van der Waals surface area contributed by atoms with E-state index in [1.807, 2.05) is 0 Å². The molecule has 1 rings (SSSR count). The fourth-order valence-electron chi connectivity index (χ4n) is 3.05. The van der Waals surface area contributed by atoms with E-state index in [-0.39, 0.29) is 29.6 Å². The highest BCUT2D eigenvalue weighted by Crippen LogP contribution is 2.34. The van der Waals surface area contributed by atoms with Crippen molar-refractivity contribution in [2.45, 2.75) is 83.7 Å². The van der Waals surface area contributed by atoms with Gasteiger partial charge in [0, 0.05) is 6.08 Å². The number of hydrogen-bond donors (Lipinski definition) is 0. The van der Waals surface area contributed by atoms with Gasteiger partial charge in [-0.15, -0.1) is 0 Å². The van der Waals surface area contributed by atoms with E-state index in [2.05, 4.69) is 41.1 Å². The molecule has 0 spiro atoms. The molecule has 3 nitrogen and oxygen atoms in total. The van der Waals surface area contributed by atoms with Gasteiger partial charge in [-0.25, -0.2) is 0 Å². The second kappa shape index (κ2) is 12.5. The summed E-state index contributed by atoms with van der Waals surface area (Å²) in [4.78, 5) is 0. The molecule has 0 aromatic rings. The first-order valence-corrected chi connectivity index (χ1v) is 9.65. The maximum Gasteiger partial charge on any atom is 0.189 e. The molecule has 1 saturated heterocycles. The first-order chi connectivity index (χ1) is 10.9. The molecule has 1 atom stereocenters. The Bertz CT molecular complexity index is 352. The lowest BCUT2D eigenvalue weighted by Gasteiger charge is -2.25. The minimum atomic E-state index is -0.198. The number of unbranched alkanes of at least 4 members (excludes halogenated alkanes) is 8. The summed E-state index contributed by atoms with van der Waals surface area (Å²) in [7, 11) is 6.60. The Labute approximate surface area is 167 Å². The van der Waals surface area contributed by atoms with E-state index in [1.54, 1.807) is 0 Å². The number of ether oxygens (including phenoxy) is 2. The molecule has 24 heavy (non-hydrogen) atoms. The molecule has 0 aliphatic carbocycles. The van der Waals surface area contributed by atoms with Crippen LogP contribution in [-0.4, -0.2) is 44.6 Å². The highest BCUT2D eigenvalue weighted by atomic mass is 127. The number of likely N-dealkylation sites (N-methyl/N-ethyl adjacent to an activating group) is 1. The van der Waals surface area contributed by atoms with E-state index >= 15 is 0 Å². The van der Waals surface area contributed by atoms with E-state index in [1.165, 1.54) is 57.8 Å². The minimum Gasteiger partial charge on any atom is -1.00 e. The Hall–Kier alpha value is 0.190. The smallest absolute Gasteiger partial charge is 0.189 e. The zero-order valence-electron chi connectivity index (χ0n) is 16.7. The first kappa shape index (κ1) is 24.2. The number of quaternary nitrogens is 1. The maximum atomic E-state index is 5.89. The third-order valence-electron chi connectivity index (χ3n) is 4.69. The van der Waals surface area contributed by atoms with Crippen LogP contribution in [0.3, 0.4) is 0 Å². The van der Waals surface area contributed by atoms with Crippen molar-refractivity contribution in [3.63, 3.8) is 0 Å². The highest BCUT2D eigenvalue weighted by molar-refractivity contribution is 5.11. The summed E-state index contributed by atoms with van der Waals surface area (Å²) < 4.78 is 12.5. The van der Waals surface area contributed by atoms with E-state index in [9.17, 15) is 0 Å². The molecule has 0 aromatic carbocycles. The molecular formula is C20H40INO2. The average Bonchev–Trinajstić information content (AvgIpc) is 2.84. The molecule has 0 amide bonds. The van der Waals surface area contributed by atoms with E-state index < -0.39 is 0 Å². The van der Waals surface area contributed by atoms with Crippen molar-refractivity contribution in [3.8, 4) is 0 Å². The zero-order valence-corrected chi connectivity index (χ0v) is 18.9. The third-order valence-corrected chi connectivity index (χ3v) is 4.69. The second-order valence-corrected chi connectivity index (χ2v) is 8.26. The summed E-state index contributed by atoms with van der Waals surface area (Å²) in [6.45, 7) is 5.85. The topological polar surface area (TPSA) is 18.5 Å². The lowest BCUT2D eigenvalue weighted by atomic mass is 9.95. The average molecular weight is 453 g/mol. The van der Waals surface area contributed by atoms with Gasteiger partial charge in [-0.3, -0.25) is 0 Å². The van der Waals surface area contributed by atoms with Crippen LogP contribution in [0.15, 0.2) is 11.8 Å². The van der Waals surface area contributed by atoms with E-state index in [0.717, 1.165) is 23.2 Å². The molecule has 0 radical (unpaired) electrons. The Kier molecular flexibility index (Phi) is 12.6. The van der Waals surface area contributed by atoms with Crippen LogP contribution in [0.1, 0.15) is 78.1 Å². The molecule has 0 N–H and O–H groups in total. The van der Waals surface area contributed by atoms with Crippen molar-refractivity contribution >= 4 is 0 Å². The predicted octanol–water partition coefficient (Wildman–Crippen LogP) is 2.26. The Balaban J connectivity index is 0.00000529. The number of hydrogen-bond acceptors (Lipinski definition) is 2. The lowest BCUT2D eigenvalue weighted by Crippen LogP contribution is -3.00. The summed E-state index contributed by atoms with van der Waals surface area (Å²) in [5.74, 6) is 1.05. The van der Waals surface area contributed by atoms with Crippen LogP contribution >= 0.6 is 0 Å². The summed E-state index contributed by atoms with van der Waals surface area (Å²) in [6, 6.07) is 0. The second-order valence-electron chi connectivity index (χ2n) is 8.26. The molecule has 1 aliphatic heterocycles. The fraction of sp³-hybridized carbons (Fsp3) is 0.900. The largest absolute Gasteiger partial charge is 1.00 e. The van der Waals surface area contributed by atoms with Gasteiger partial charge in [0.2, 0.25) is 0 Å². The third kappa shape index (κ3) is 10.2. The van der Waals surface area contributed by atoms with Crippen LogP contribution in [0.25, 0.3) is 0 Å². The number of nitrogens with zero attached hydrogens (tertiary/aromatic N) is 1. The van der Waals surface area contributed by atoms with Gasteiger partial charge in [-0.2, -0.15) is 0 Å². The first-order valence-electron chi connectivity index (χ1n) is 9.65. The van der Waals surface area contributed by atoms with Crippen molar-refractivity contribution in [1.82, 2.24) is 0 Å². The molecule has 4 heteroatoms. The molecule has 1 fully saturated rings. The summed E-state index contributed by atoms with van der Waals surface area (Å²) >= 11 is 0. The maximum absolute atomic E-state index is 5.89. The zero-order chi connectivity index (χ0) is 17.2. The van der Waals surface area contributed by atoms with Crippen LogP contribution in [0.5, 0.6) is 0 Å². The van der Waals surface area contributed by atoms with E-state index in [4.69, 9.17) is 9.47 Å². The highest BCUT2D eigenvalue weighted by Gasteiger charge is 2.36. The Morgan fingerprint density at radius 1 is 0.958 bits per heavy atom. The van der Waals surface area contributed by atoms with Crippen LogP contribution in [-0.2, 0) is 9.47 Å². The van der Waals surface area contributed by atoms with Crippen molar-refractivity contribution in [2.24, 2.45) is 0 Å². The molecule has 1 heterocycles. The van der Waals surface area contributed by atoms with Gasteiger partial charge in [0.15, 0.2) is 6.79 Å². The van der Waals surface area contributed by atoms with Gasteiger partial charge in [-0.05, 0) is 13.3 Å². The normalized spacial score (nSPS) is 22.5. The van der Waals surface area contributed by atoms with E-state index in [0.29, 0.717) is 6.79 Å². The van der Waals surface area contributed by atoms with Crippen molar-refractivity contribution in [3.05, 3.63) is 11.8 Å². The molecule has 144 valence electrons. The molecule has 1 unspecified atom stereocenters. The molecule has 0 bridgehead atoms. The van der Waals surface area contributed by atoms with Gasteiger partial charge < -0.3 is 37.9 Å². The SMILES string of the molecule is CCCCCCCCCCCC1(C)OCO/C1=C\C[N+](C)(C)C.[I-]. The van der Waals surface area contributed by atoms with Crippen LogP contribution in [0.4, 0.5) is 0 Å². The standard InChI is InChI=1S/C20H40NO2.HI/c1-6-7-8-9-10-11-12-13-14-16-20(2)19(22-18-23-20)15-17-21(3,4)5;/h15H,6-14,16-18H2,1-5H3;1H/q+1;/p-1/b19-15-;. The van der Waals surface area contributed by atoms with Crippen LogP contribution < -0.4 is 24.0 Å². The molecular weight excluding hydrogens is 413 g/mol. The Morgan fingerprint density at radius 3 is 2.04 bits per heavy atom. The monoisotopic (exact) mass is 453 g/mol. The number of halogens is 1. The van der Waals surface area contributed by atoms with Crippen molar-refractivity contribution in [1.29, 1.82) is 0 Å². The van der Waals surface area contributed by atoms with Crippen molar-refractivity contribution < 1.29 is 37.9 Å². The minimum absolute atomic E-state index is 0.